The van der Waals surface area contributed by atoms with Gasteiger partial charge in [-0.3, -0.25) is 0 Å². The number of carbonyl (C=O) groups is 1. The molecule has 2 N–H and O–H groups in total. The Balaban J connectivity index is 1.66. The average molecular weight is 468 g/mol. The molecule has 5 aromatic rings. The van der Waals surface area contributed by atoms with Crippen LogP contribution in [0.15, 0.2) is 73.1 Å². The Morgan fingerprint density at radius 1 is 1.03 bits per heavy atom. The van der Waals surface area contributed by atoms with Gasteiger partial charge in [-0.05, 0) is 40.8 Å². The number of carboxylic acid groups (broad SMARTS) is 1. The van der Waals surface area contributed by atoms with E-state index in [0.29, 0.717) is 12.2 Å². The first-order valence-electron chi connectivity index (χ1n) is 11.3. The van der Waals surface area contributed by atoms with Crippen LogP contribution in [0, 0.1) is 6.92 Å². The summed E-state index contributed by atoms with van der Waals surface area (Å²) in [7, 11) is 0. The van der Waals surface area contributed by atoms with Crippen molar-refractivity contribution in [2.24, 2.45) is 0 Å². The van der Waals surface area contributed by atoms with Crippen molar-refractivity contribution in [1.82, 2.24) is 9.97 Å². The summed E-state index contributed by atoms with van der Waals surface area (Å²) in [6.07, 6.45) is 2.73. The number of fused-ring (bicyclic) bond motifs is 2. The lowest BCUT2D eigenvalue weighted by molar-refractivity contribution is -0.137. The highest BCUT2D eigenvalue weighted by Gasteiger charge is 2.24. The number of nitrogens with one attached hydrogen (secondary N) is 1. The molecule has 34 heavy (non-hydrogen) atoms. The van der Waals surface area contributed by atoms with Crippen LogP contribution >= 0.6 is 11.3 Å². The number of hydrogen-bond donors (Lipinski definition) is 2. The molecule has 3 aromatic carbocycles. The molecule has 0 unspecified atom stereocenters. The highest BCUT2D eigenvalue weighted by Crippen LogP contribution is 2.43. The van der Waals surface area contributed by atoms with E-state index in [4.69, 9.17) is 0 Å². The molecule has 0 saturated carbocycles. The molecule has 2 heterocycles. The van der Waals surface area contributed by atoms with Gasteiger partial charge in [0.2, 0.25) is 0 Å². The zero-order valence-corrected chi connectivity index (χ0v) is 19.9. The molecule has 0 radical (unpaired) electrons. The van der Waals surface area contributed by atoms with Crippen LogP contribution in [0.1, 0.15) is 22.9 Å². The van der Waals surface area contributed by atoms with Crippen molar-refractivity contribution < 1.29 is 9.90 Å². The zero-order chi connectivity index (χ0) is 23.7. The molecule has 5 nitrogen and oxygen atoms in total. The molecule has 0 spiro atoms. The van der Waals surface area contributed by atoms with Gasteiger partial charge in [-0.15, -0.1) is 11.3 Å². The van der Waals surface area contributed by atoms with Gasteiger partial charge < -0.3 is 10.4 Å². The first-order valence-corrected chi connectivity index (χ1v) is 12.2. The maximum absolute atomic E-state index is 12.2. The standard InChI is InChI=1S/C28H25N3O2S/c1-3-23-24(21-14-8-12-18-10-6-7-13-20(18)21)25-26(29-16-30-27(25)34-23)31-22(28(32)33)15-19-11-5-4-9-17(19)2/h4-14,16,22H,3,15H2,1-2H3,(H,32,33)(H,29,30,31)/t22-/m1/s1. The van der Waals surface area contributed by atoms with Crippen molar-refractivity contribution in [3.63, 3.8) is 0 Å². The molecule has 0 aliphatic heterocycles. The second kappa shape index (κ2) is 9.23. The quantitative estimate of drug-likeness (QED) is 0.286. The zero-order valence-electron chi connectivity index (χ0n) is 19.1. The van der Waals surface area contributed by atoms with Crippen LogP contribution in [-0.4, -0.2) is 27.1 Å². The number of thiophene rings is 1. The van der Waals surface area contributed by atoms with E-state index >= 15 is 0 Å². The van der Waals surface area contributed by atoms with Crippen LogP contribution in [-0.2, 0) is 17.6 Å². The van der Waals surface area contributed by atoms with Gasteiger partial charge in [-0.1, -0.05) is 73.7 Å². The van der Waals surface area contributed by atoms with Gasteiger partial charge in [0.15, 0.2) is 0 Å². The van der Waals surface area contributed by atoms with E-state index < -0.39 is 12.0 Å². The largest absolute Gasteiger partial charge is 0.480 e. The Morgan fingerprint density at radius 3 is 2.59 bits per heavy atom. The predicted octanol–water partition coefficient (Wildman–Crippen LogP) is 6.49. The van der Waals surface area contributed by atoms with E-state index in [1.54, 1.807) is 11.3 Å². The number of carboxylic acids is 1. The molecule has 5 rings (SSSR count). The third kappa shape index (κ3) is 4.01. The van der Waals surface area contributed by atoms with Crippen molar-refractivity contribution in [2.75, 3.05) is 5.32 Å². The number of rotatable bonds is 7. The number of anilines is 1. The van der Waals surface area contributed by atoms with Gasteiger partial charge in [-0.25, -0.2) is 14.8 Å². The summed E-state index contributed by atoms with van der Waals surface area (Å²) in [6.45, 7) is 4.14. The van der Waals surface area contributed by atoms with Crippen molar-refractivity contribution in [3.8, 4) is 11.1 Å². The molecule has 0 amide bonds. The van der Waals surface area contributed by atoms with E-state index in [2.05, 4.69) is 52.5 Å². The third-order valence-corrected chi connectivity index (χ3v) is 7.48. The third-order valence-electron chi connectivity index (χ3n) is 6.24. The molecule has 0 aliphatic carbocycles. The molecule has 6 heteroatoms. The van der Waals surface area contributed by atoms with Gasteiger partial charge in [0, 0.05) is 16.9 Å². The molecule has 0 bridgehead atoms. The molecule has 1 atom stereocenters. The summed E-state index contributed by atoms with van der Waals surface area (Å²) in [6, 6.07) is 21.7. The van der Waals surface area contributed by atoms with Crippen molar-refractivity contribution >= 4 is 44.1 Å². The van der Waals surface area contributed by atoms with E-state index in [1.165, 1.54) is 11.2 Å². The summed E-state index contributed by atoms with van der Waals surface area (Å²) in [5.41, 5.74) is 4.28. The van der Waals surface area contributed by atoms with Crippen LogP contribution in [0.25, 0.3) is 32.1 Å². The lowest BCUT2D eigenvalue weighted by Crippen LogP contribution is -2.32. The van der Waals surface area contributed by atoms with Gasteiger partial charge in [0.1, 0.15) is 23.0 Å². The smallest absolute Gasteiger partial charge is 0.326 e. The summed E-state index contributed by atoms with van der Waals surface area (Å²) in [5, 5.41) is 16.5. The monoisotopic (exact) mass is 467 g/mol. The number of benzene rings is 3. The Hall–Kier alpha value is -3.77. The second-order valence-corrected chi connectivity index (χ2v) is 9.43. The average Bonchev–Trinajstić information content (AvgIpc) is 3.24. The van der Waals surface area contributed by atoms with Gasteiger partial charge in [0.25, 0.3) is 0 Å². The Bertz CT molecular complexity index is 1500. The number of aryl methyl sites for hydroxylation is 2. The normalized spacial score (nSPS) is 12.2. The van der Waals surface area contributed by atoms with Gasteiger partial charge >= 0.3 is 5.97 Å². The number of nitrogens with zero attached hydrogens (tertiary/aromatic N) is 2. The van der Waals surface area contributed by atoms with Crippen LogP contribution in [0.5, 0.6) is 0 Å². The summed E-state index contributed by atoms with van der Waals surface area (Å²) < 4.78 is 0. The lowest BCUT2D eigenvalue weighted by atomic mass is 9.96. The molecule has 0 fully saturated rings. The molecular formula is C28H25N3O2S. The first kappa shape index (κ1) is 22.0. The molecule has 2 aromatic heterocycles. The second-order valence-electron chi connectivity index (χ2n) is 8.35. The fraction of sp³-hybridized carbons (Fsp3) is 0.179. The molecular weight excluding hydrogens is 442 g/mol. The minimum absolute atomic E-state index is 0.363. The van der Waals surface area contributed by atoms with Crippen LogP contribution < -0.4 is 5.32 Å². The Morgan fingerprint density at radius 2 is 1.79 bits per heavy atom. The topological polar surface area (TPSA) is 75.1 Å². The van der Waals surface area contributed by atoms with E-state index in [0.717, 1.165) is 49.7 Å². The molecule has 170 valence electrons. The minimum atomic E-state index is -0.910. The number of aromatic nitrogens is 2. The van der Waals surface area contributed by atoms with Crippen molar-refractivity contribution in [3.05, 3.63) is 89.1 Å². The van der Waals surface area contributed by atoms with E-state index in [1.807, 2.05) is 43.3 Å². The van der Waals surface area contributed by atoms with Gasteiger partial charge in [0.05, 0.1) is 5.39 Å². The van der Waals surface area contributed by atoms with Crippen molar-refractivity contribution in [2.45, 2.75) is 32.7 Å². The summed E-state index contributed by atoms with van der Waals surface area (Å²) >= 11 is 1.64. The maximum atomic E-state index is 12.2. The summed E-state index contributed by atoms with van der Waals surface area (Å²) in [4.78, 5) is 23.4. The summed E-state index contributed by atoms with van der Waals surface area (Å²) in [5.74, 6) is -0.350. The fourth-order valence-electron chi connectivity index (χ4n) is 4.49. The number of aliphatic carboxylic acids is 1. The predicted molar refractivity (Wildman–Crippen MR) is 140 cm³/mol. The maximum Gasteiger partial charge on any atom is 0.326 e. The fourth-order valence-corrected chi connectivity index (χ4v) is 5.58. The van der Waals surface area contributed by atoms with Gasteiger partial charge in [-0.2, -0.15) is 0 Å². The van der Waals surface area contributed by atoms with E-state index in [-0.39, 0.29) is 0 Å². The van der Waals surface area contributed by atoms with E-state index in [9.17, 15) is 9.90 Å². The Labute approximate surface area is 202 Å². The highest BCUT2D eigenvalue weighted by molar-refractivity contribution is 7.19. The first-order chi connectivity index (χ1) is 16.6. The van der Waals surface area contributed by atoms with Crippen LogP contribution in [0.4, 0.5) is 5.82 Å². The molecule has 0 saturated heterocycles. The lowest BCUT2D eigenvalue weighted by Gasteiger charge is -2.18. The van der Waals surface area contributed by atoms with Crippen molar-refractivity contribution in [1.29, 1.82) is 0 Å². The number of hydrogen-bond acceptors (Lipinski definition) is 5. The van der Waals surface area contributed by atoms with Crippen LogP contribution in [0.3, 0.4) is 0 Å². The minimum Gasteiger partial charge on any atom is -0.480 e. The molecule has 0 aliphatic rings. The highest BCUT2D eigenvalue weighted by atomic mass is 32.1. The Kier molecular flexibility index (Phi) is 5.99. The SMILES string of the molecule is CCc1sc2ncnc(N[C@H](Cc3ccccc3C)C(=O)O)c2c1-c1cccc2ccccc12. The van der Waals surface area contributed by atoms with Crippen LogP contribution in [0.2, 0.25) is 0 Å².